The summed E-state index contributed by atoms with van der Waals surface area (Å²) in [7, 11) is 3.92. The van der Waals surface area contributed by atoms with Gasteiger partial charge in [0.25, 0.3) is 8.32 Å². The molecule has 8 nitrogen and oxygen atoms in total. The van der Waals surface area contributed by atoms with Crippen molar-refractivity contribution >= 4 is 19.9 Å². The normalized spacial score (nSPS) is 15.9. The van der Waals surface area contributed by atoms with E-state index in [1.54, 1.807) is 19.3 Å². The van der Waals surface area contributed by atoms with E-state index >= 15 is 0 Å². The molecule has 0 amide bonds. The summed E-state index contributed by atoms with van der Waals surface area (Å²) in [5.74, 6) is 1.81. The molecule has 190 valence electrons. The quantitative estimate of drug-likeness (QED) is 0.329. The van der Waals surface area contributed by atoms with Crippen LogP contribution < -0.4 is 33.8 Å². The molecule has 1 unspecified atom stereocenters. The molecule has 0 aromatic heterocycles. The lowest BCUT2D eigenvalue weighted by molar-refractivity contribution is -0.134. The molecular weight excluding hydrogens is 466 g/mol. The van der Waals surface area contributed by atoms with Crippen molar-refractivity contribution in [3.63, 3.8) is 0 Å². The van der Waals surface area contributed by atoms with Gasteiger partial charge in [0.2, 0.25) is 11.5 Å². The number of rotatable bonds is 7. The smallest absolute Gasteiger partial charge is 0.332 e. The Labute approximate surface area is 208 Å². The van der Waals surface area contributed by atoms with Crippen LogP contribution in [0.15, 0.2) is 30.3 Å². The summed E-state index contributed by atoms with van der Waals surface area (Å²) in [6.45, 7) is 10.9. The Hall–Kier alpha value is -3.17. The molecule has 1 aliphatic rings. The van der Waals surface area contributed by atoms with E-state index in [0.29, 0.717) is 34.1 Å². The summed E-state index contributed by atoms with van der Waals surface area (Å²) in [6, 6.07) is 6.38. The molecule has 1 heterocycles. The Kier molecular flexibility index (Phi) is 7.42. The van der Waals surface area contributed by atoms with Gasteiger partial charge < -0.3 is 33.8 Å². The molecule has 0 bridgehead atoms. The zero-order valence-corrected chi connectivity index (χ0v) is 22.9. The van der Waals surface area contributed by atoms with E-state index in [9.17, 15) is 4.79 Å². The molecule has 0 radical (unpaired) electrons. The molecule has 1 atom stereocenters. The molecule has 9 heteroatoms. The molecule has 2 N–H and O–H groups in total. The van der Waals surface area contributed by atoms with Crippen LogP contribution in [0.5, 0.6) is 34.5 Å². The molecule has 2 aromatic carbocycles. The van der Waals surface area contributed by atoms with Gasteiger partial charge in [-0.05, 0) is 53.5 Å². The first kappa shape index (κ1) is 26.4. The van der Waals surface area contributed by atoms with E-state index < -0.39 is 20.3 Å². The minimum Gasteiger partial charge on any atom is -0.541 e. The third kappa shape index (κ3) is 4.97. The van der Waals surface area contributed by atoms with Crippen molar-refractivity contribution in [1.82, 2.24) is 0 Å². The Morgan fingerprint density at radius 3 is 2.06 bits per heavy atom. The first-order valence-corrected chi connectivity index (χ1v) is 14.2. The van der Waals surface area contributed by atoms with Gasteiger partial charge in [-0.25, -0.2) is 4.79 Å². The number of methoxy groups -OCH3 is 4. The first-order valence-electron chi connectivity index (χ1n) is 11.3. The standard InChI is InChI=1S/C26H35NO7Si/c1-26(2,3)35(8,9)34-20-12-15(10-11-19(20)29-4)16-13-18(27)25(28)33-22-17(16)14-21(30-5)23(31-6)24(22)32-7/h10-14,18H,27H2,1-9H3. The maximum absolute atomic E-state index is 12.7. The number of fused-ring (bicyclic) bond motifs is 1. The maximum Gasteiger partial charge on any atom is 0.332 e. The SMILES string of the molecule is COc1ccc(C2=CC(N)C(=O)Oc3c2cc(OC)c(OC)c3OC)cc1O[Si](C)(C)C(C)(C)C. The zero-order valence-electron chi connectivity index (χ0n) is 21.9. The summed E-state index contributed by atoms with van der Waals surface area (Å²) < 4.78 is 34.5. The first-order chi connectivity index (χ1) is 16.4. The van der Waals surface area contributed by atoms with Crippen LogP contribution >= 0.6 is 0 Å². The molecule has 3 rings (SSSR count). The largest absolute Gasteiger partial charge is 0.541 e. The summed E-state index contributed by atoms with van der Waals surface area (Å²) in [6.07, 6.45) is 1.66. The van der Waals surface area contributed by atoms with Gasteiger partial charge in [-0.15, -0.1) is 0 Å². The van der Waals surface area contributed by atoms with E-state index in [1.807, 2.05) is 18.2 Å². The van der Waals surface area contributed by atoms with Crippen molar-refractivity contribution in [3.8, 4) is 34.5 Å². The molecule has 2 aromatic rings. The van der Waals surface area contributed by atoms with Crippen LogP contribution in [0.1, 0.15) is 31.9 Å². The van der Waals surface area contributed by atoms with Gasteiger partial charge in [0.05, 0.1) is 28.4 Å². The average molecular weight is 502 g/mol. The highest BCUT2D eigenvalue weighted by molar-refractivity contribution is 6.74. The lowest BCUT2D eigenvalue weighted by Gasteiger charge is -2.37. The van der Waals surface area contributed by atoms with E-state index in [1.165, 1.54) is 21.3 Å². The highest BCUT2D eigenvalue weighted by Crippen LogP contribution is 2.51. The van der Waals surface area contributed by atoms with Crippen LogP contribution in [0.25, 0.3) is 5.57 Å². The van der Waals surface area contributed by atoms with E-state index in [0.717, 1.165) is 5.56 Å². The minimum atomic E-state index is -2.17. The van der Waals surface area contributed by atoms with Crippen molar-refractivity contribution < 1.29 is 32.9 Å². The number of carbonyl (C=O) groups excluding carboxylic acids is 1. The van der Waals surface area contributed by atoms with E-state index in [4.69, 9.17) is 33.8 Å². The highest BCUT2D eigenvalue weighted by Gasteiger charge is 2.40. The van der Waals surface area contributed by atoms with Crippen LogP contribution in [0.2, 0.25) is 18.1 Å². The topological polar surface area (TPSA) is 98.5 Å². The van der Waals surface area contributed by atoms with Crippen LogP contribution in [-0.2, 0) is 4.79 Å². The number of hydrogen-bond acceptors (Lipinski definition) is 8. The van der Waals surface area contributed by atoms with E-state index in [-0.39, 0.29) is 16.5 Å². The molecule has 35 heavy (non-hydrogen) atoms. The second-order valence-electron chi connectivity index (χ2n) is 9.78. The molecular formula is C26H35NO7Si. The monoisotopic (exact) mass is 501 g/mol. The molecule has 0 aliphatic carbocycles. The lowest BCUT2D eigenvalue weighted by Crippen LogP contribution is -2.43. The van der Waals surface area contributed by atoms with Crippen LogP contribution in [0.3, 0.4) is 0 Å². The van der Waals surface area contributed by atoms with Gasteiger partial charge in [0.15, 0.2) is 17.2 Å². The van der Waals surface area contributed by atoms with Gasteiger partial charge in [-0.3, -0.25) is 0 Å². The van der Waals surface area contributed by atoms with Gasteiger partial charge in [0, 0.05) is 5.56 Å². The highest BCUT2D eigenvalue weighted by atomic mass is 28.4. The van der Waals surface area contributed by atoms with Crippen LogP contribution in [0.4, 0.5) is 0 Å². The Morgan fingerprint density at radius 1 is 0.886 bits per heavy atom. The lowest BCUT2D eigenvalue weighted by atomic mass is 9.94. The number of ether oxygens (including phenoxy) is 5. The predicted octanol–water partition coefficient (Wildman–Crippen LogP) is 4.78. The van der Waals surface area contributed by atoms with E-state index in [2.05, 4.69) is 33.9 Å². The Morgan fingerprint density at radius 2 is 1.51 bits per heavy atom. The van der Waals surface area contributed by atoms with Crippen molar-refractivity contribution in [2.24, 2.45) is 5.73 Å². The van der Waals surface area contributed by atoms with Gasteiger partial charge in [0.1, 0.15) is 11.8 Å². The van der Waals surface area contributed by atoms with Gasteiger partial charge >= 0.3 is 5.97 Å². The summed E-state index contributed by atoms with van der Waals surface area (Å²) in [5.41, 5.74) is 8.18. The fraction of sp³-hybridized carbons (Fsp3) is 0.423. The van der Waals surface area contributed by atoms with Crippen molar-refractivity contribution in [2.45, 2.75) is 44.9 Å². The van der Waals surface area contributed by atoms with Crippen molar-refractivity contribution in [2.75, 3.05) is 28.4 Å². The second-order valence-corrected chi connectivity index (χ2v) is 14.5. The Bertz CT molecular complexity index is 1150. The summed E-state index contributed by atoms with van der Waals surface area (Å²) >= 11 is 0. The molecule has 1 aliphatic heterocycles. The van der Waals surface area contributed by atoms with Gasteiger partial charge in [-0.2, -0.15) is 0 Å². The third-order valence-electron chi connectivity index (χ3n) is 6.54. The maximum atomic E-state index is 12.7. The molecule has 0 saturated heterocycles. The summed E-state index contributed by atoms with van der Waals surface area (Å²) in [4.78, 5) is 12.7. The van der Waals surface area contributed by atoms with Crippen LogP contribution in [0, 0.1) is 0 Å². The fourth-order valence-electron chi connectivity index (χ4n) is 3.54. The number of benzene rings is 2. The molecule has 0 fully saturated rings. The molecule has 0 saturated carbocycles. The zero-order chi connectivity index (χ0) is 26.1. The Balaban J connectivity index is 2.27. The number of carbonyl (C=O) groups is 1. The second kappa shape index (κ2) is 9.83. The third-order valence-corrected chi connectivity index (χ3v) is 10.9. The average Bonchev–Trinajstić information content (AvgIpc) is 2.92. The number of hydrogen-bond donors (Lipinski definition) is 1. The van der Waals surface area contributed by atoms with Gasteiger partial charge in [-0.1, -0.05) is 26.8 Å². The number of esters is 1. The number of nitrogens with two attached hydrogens (primary N) is 1. The van der Waals surface area contributed by atoms with Crippen molar-refractivity contribution in [3.05, 3.63) is 41.5 Å². The summed E-state index contributed by atoms with van der Waals surface area (Å²) in [5, 5.41) is -0.0118. The minimum absolute atomic E-state index is 0.0118. The fourth-order valence-corrected chi connectivity index (χ4v) is 4.56. The van der Waals surface area contributed by atoms with Crippen molar-refractivity contribution in [1.29, 1.82) is 0 Å². The van der Waals surface area contributed by atoms with Crippen LogP contribution in [-0.4, -0.2) is 48.8 Å². The molecule has 0 spiro atoms. The predicted molar refractivity (Wildman–Crippen MR) is 138 cm³/mol.